The Kier molecular flexibility index (Phi) is 3.96. The molecule has 0 aromatic heterocycles. The van der Waals surface area contributed by atoms with Gasteiger partial charge < -0.3 is 0 Å². The van der Waals surface area contributed by atoms with Crippen molar-refractivity contribution >= 4 is 21.5 Å². The van der Waals surface area contributed by atoms with E-state index in [1.165, 1.54) is 52.8 Å². The Balaban J connectivity index is 2.52. The van der Waals surface area contributed by atoms with Gasteiger partial charge in [0.2, 0.25) is 0 Å². The summed E-state index contributed by atoms with van der Waals surface area (Å²) in [5.74, 6) is 0. The van der Waals surface area contributed by atoms with Gasteiger partial charge in [-0.15, -0.1) is 0 Å². The van der Waals surface area contributed by atoms with Crippen LogP contribution in [0.15, 0.2) is 42.5 Å². The molecule has 0 saturated heterocycles. The minimum absolute atomic E-state index is 1.18. The average Bonchev–Trinajstić information content (AvgIpc) is 2.50. The normalized spacial score (nSPS) is 11.4. The fourth-order valence-corrected chi connectivity index (χ4v) is 3.64. The molecule has 3 rings (SSSR count). The molecule has 0 aliphatic carbocycles. The summed E-state index contributed by atoms with van der Waals surface area (Å²) >= 11 is 0. The predicted octanol–water partition coefficient (Wildman–Crippen LogP) is 6.21. The van der Waals surface area contributed by atoms with E-state index >= 15 is 0 Å². The summed E-state index contributed by atoms with van der Waals surface area (Å²) in [5, 5.41) is 5.81. The van der Waals surface area contributed by atoms with E-state index in [-0.39, 0.29) is 0 Å². The van der Waals surface area contributed by atoms with Gasteiger partial charge in [-0.3, -0.25) is 0 Å². The summed E-state index contributed by atoms with van der Waals surface area (Å²) in [6.45, 7) is 6.81. The van der Waals surface area contributed by atoms with Gasteiger partial charge in [0.15, 0.2) is 0 Å². The van der Waals surface area contributed by atoms with Gasteiger partial charge in [0.25, 0.3) is 0 Å². The summed E-state index contributed by atoms with van der Waals surface area (Å²) in [6, 6.07) is 15.7. The van der Waals surface area contributed by atoms with Crippen molar-refractivity contribution in [1.82, 2.24) is 0 Å². The lowest BCUT2D eigenvalue weighted by Gasteiger charge is -2.18. The van der Waals surface area contributed by atoms with Crippen LogP contribution in [0.4, 0.5) is 0 Å². The minimum atomic E-state index is 1.18. The maximum absolute atomic E-state index is 2.32. The van der Waals surface area contributed by atoms with Gasteiger partial charge in [0.1, 0.15) is 0 Å². The highest BCUT2D eigenvalue weighted by Crippen LogP contribution is 2.36. The second-order valence-electron chi connectivity index (χ2n) is 6.00. The summed E-state index contributed by atoms with van der Waals surface area (Å²) in [4.78, 5) is 0. The largest absolute Gasteiger partial charge is 0.0651 e. The van der Waals surface area contributed by atoms with Crippen molar-refractivity contribution in [3.8, 4) is 0 Å². The molecule has 0 atom stereocenters. The fourth-order valence-electron chi connectivity index (χ4n) is 3.64. The van der Waals surface area contributed by atoms with E-state index in [1.54, 1.807) is 11.1 Å². The molecule has 0 saturated carbocycles. The van der Waals surface area contributed by atoms with E-state index in [0.717, 1.165) is 0 Å². The molecule has 0 fully saturated rings. The first-order valence-electron chi connectivity index (χ1n) is 8.19. The Bertz CT molecular complexity index is 781. The van der Waals surface area contributed by atoms with Crippen LogP contribution in [-0.4, -0.2) is 0 Å². The third kappa shape index (κ3) is 2.33. The summed E-state index contributed by atoms with van der Waals surface area (Å²) < 4.78 is 0. The van der Waals surface area contributed by atoms with Crippen molar-refractivity contribution in [3.05, 3.63) is 59.2 Å². The fraction of sp³-hybridized carbons (Fsp3) is 0.333. The van der Waals surface area contributed by atoms with E-state index in [0.29, 0.717) is 0 Å². The summed E-state index contributed by atoms with van der Waals surface area (Å²) in [5.41, 5.74) is 4.55. The zero-order valence-electron chi connectivity index (χ0n) is 13.4. The second-order valence-corrected chi connectivity index (χ2v) is 6.00. The SMILES string of the molecule is CCCc1c(CCC)c2cccc(C)c2c2ccccc12. The molecule has 0 spiro atoms. The number of hydrogen-bond acceptors (Lipinski definition) is 0. The maximum Gasteiger partial charge on any atom is -0.00731 e. The molecule has 0 nitrogen and oxygen atoms in total. The lowest BCUT2D eigenvalue weighted by Crippen LogP contribution is -1.99. The Morgan fingerprint density at radius 3 is 1.90 bits per heavy atom. The van der Waals surface area contributed by atoms with Gasteiger partial charge in [0.05, 0.1) is 0 Å². The van der Waals surface area contributed by atoms with Gasteiger partial charge in [-0.05, 0) is 58.0 Å². The number of fused-ring (bicyclic) bond motifs is 3. The highest BCUT2D eigenvalue weighted by atomic mass is 14.2. The molecule has 0 aliphatic heterocycles. The van der Waals surface area contributed by atoms with E-state index in [2.05, 4.69) is 63.2 Å². The van der Waals surface area contributed by atoms with Crippen molar-refractivity contribution < 1.29 is 0 Å². The zero-order valence-corrected chi connectivity index (χ0v) is 13.4. The molecule has 0 heterocycles. The molecule has 0 aliphatic rings. The first-order valence-corrected chi connectivity index (χ1v) is 8.19. The number of benzene rings is 3. The quantitative estimate of drug-likeness (QED) is 0.497. The van der Waals surface area contributed by atoms with Gasteiger partial charge in [-0.2, -0.15) is 0 Å². The van der Waals surface area contributed by atoms with Crippen molar-refractivity contribution in [2.75, 3.05) is 0 Å². The highest BCUT2D eigenvalue weighted by molar-refractivity contribution is 6.12. The third-order valence-corrected chi connectivity index (χ3v) is 4.48. The van der Waals surface area contributed by atoms with Crippen molar-refractivity contribution in [2.24, 2.45) is 0 Å². The standard InChI is InChI=1S/C21H24/c1-4-9-16-17(10-5-2)20-14-8-11-15(3)21(20)19-13-7-6-12-18(16)19/h6-8,11-14H,4-5,9-10H2,1-3H3. The monoisotopic (exact) mass is 276 g/mol. The molecular weight excluding hydrogens is 252 g/mol. The molecule has 0 unspecified atom stereocenters. The Morgan fingerprint density at radius 2 is 1.24 bits per heavy atom. The van der Waals surface area contributed by atoms with Gasteiger partial charge in [-0.1, -0.05) is 69.2 Å². The van der Waals surface area contributed by atoms with Crippen LogP contribution in [0.5, 0.6) is 0 Å². The van der Waals surface area contributed by atoms with Crippen LogP contribution >= 0.6 is 0 Å². The summed E-state index contributed by atoms with van der Waals surface area (Å²) in [6.07, 6.45) is 4.77. The Morgan fingerprint density at radius 1 is 0.667 bits per heavy atom. The topological polar surface area (TPSA) is 0 Å². The van der Waals surface area contributed by atoms with Crippen LogP contribution in [-0.2, 0) is 12.8 Å². The van der Waals surface area contributed by atoms with Crippen LogP contribution in [0.25, 0.3) is 21.5 Å². The van der Waals surface area contributed by atoms with Crippen LogP contribution < -0.4 is 0 Å². The van der Waals surface area contributed by atoms with Crippen LogP contribution in [0, 0.1) is 6.92 Å². The lowest BCUT2D eigenvalue weighted by atomic mass is 9.86. The molecule has 21 heavy (non-hydrogen) atoms. The number of aryl methyl sites for hydroxylation is 3. The molecule has 3 aromatic carbocycles. The number of rotatable bonds is 4. The van der Waals surface area contributed by atoms with Crippen molar-refractivity contribution in [2.45, 2.75) is 46.5 Å². The minimum Gasteiger partial charge on any atom is -0.0651 e. The van der Waals surface area contributed by atoms with E-state index in [4.69, 9.17) is 0 Å². The van der Waals surface area contributed by atoms with E-state index < -0.39 is 0 Å². The van der Waals surface area contributed by atoms with Crippen LogP contribution in [0.3, 0.4) is 0 Å². The smallest absolute Gasteiger partial charge is 0.00731 e. The highest BCUT2D eigenvalue weighted by Gasteiger charge is 2.13. The Labute approximate surface area is 127 Å². The van der Waals surface area contributed by atoms with Crippen LogP contribution in [0.2, 0.25) is 0 Å². The first kappa shape index (κ1) is 14.1. The van der Waals surface area contributed by atoms with Crippen molar-refractivity contribution in [1.29, 1.82) is 0 Å². The van der Waals surface area contributed by atoms with E-state index in [9.17, 15) is 0 Å². The predicted molar refractivity (Wildman–Crippen MR) is 94.2 cm³/mol. The molecule has 3 aromatic rings. The zero-order chi connectivity index (χ0) is 14.8. The molecule has 0 N–H and O–H groups in total. The number of hydrogen-bond donors (Lipinski definition) is 0. The first-order chi connectivity index (χ1) is 10.3. The molecular formula is C21H24. The third-order valence-electron chi connectivity index (χ3n) is 4.48. The molecule has 0 amide bonds. The maximum atomic E-state index is 2.32. The molecule has 0 radical (unpaired) electrons. The molecule has 108 valence electrons. The second kappa shape index (κ2) is 5.89. The molecule has 0 bridgehead atoms. The average molecular weight is 276 g/mol. The van der Waals surface area contributed by atoms with Crippen LogP contribution in [0.1, 0.15) is 43.4 Å². The van der Waals surface area contributed by atoms with Gasteiger partial charge >= 0.3 is 0 Å². The molecule has 0 heteroatoms. The van der Waals surface area contributed by atoms with Crippen molar-refractivity contribution in [3.63, 3.8) is 0 Å². The van der Waals surface area contributed by atoms with E-state index in [1.807, 2.05) is 0 Å². The van der Waals surface area contributed by atoms with Gasteiger partial charge in [0, 0.05) is 0 Å². The summed E-state index contributed by atoms with van der Waals surface area (Å²) in [7, 11) is 0. The lowest BCUT2D eigenvalue weighted by molar-refractivity contribution is 0.874. The Hall–Kier alpha value is -1.82. The van der Waals surface area contributed by atoms with Gasteiger partial charge in [-0.25, -0.2) is 0 Å².